The van der Waals surface area contributed by atoms with Crippen LogP contribution in [0.15, 0.2) is 24.3 Å². The van der Waals surface area contributed by atoms with E-state index in [1.165, 1.54) is 0 Å². The van der Waals surface area contributed by atoms with Crippen LogP contribution in [0.3, 0.4) is 0 Å². The Morgan fingerprint density at radius 3 is 2.93 bits per heavy atom. The molecule has 1 aliphatic carbocycles. The lowest BCUT2D eigenvalue weighted by Crippen LogP contribution is -2.14. The lowest BCUT2D eigenvalue weighted by molar-refractivity contribution is -0.154. The summed E-state index contributed by atoms with van der Waals surface area (Å²) in [6, 6.07) is 7.47. The minimum Gasteiger partial charge on any atom is -0.449 e. The number of hydrogen-bond donors (Lipinski definition) is 0. The van der Waals surface area contributed by atoms with Crippen LogP contribution in [0.25, 0.3) is 0 Å². The van der Waals surface area contributed by atoms with Gasteiger partial charge in [0.05, 0.1) is 0 Å². The van der Waals surface area contributed by atoms with Crippen LogP contribution in [0.4, 0.5) is 0 Å². The average molecular weight is 204 g/mol. The molecule has 1 aromatic rings. The molecule has 15 heavy (non-hydrogen) atoms. The molecular weight excluding hydrogens is 192 g/mol. The minimum atomic E-state index is -0.673. The van der Waals surface area contributed by atoms with E-state index in [0.717, 1.165) is 11.1 Å². The van der Waals surface area contributed by atoms with Gasteiger partial charge in [0.25, 0.3) is 0 Å². The minimum absolute atomic E-state index is 0.0296. The Balaban J connectivity index is 2.26. The summed E-state index contributed by atoms with van der Waals surface area (Å²) in [7, 11) is 0. The van der Waals surface area contributed by atoms with Crippen molar-refractivity contribution in [2.24, 2.45) is 0 Å². The first-order valence-electron chi connectivity index (χ1n) is 5.02. The summed E-state index contributed by atoms with van der Waals surface area (Å²) in [5.74, 6) is -0.358. The number of rotatable bonds is 2. The predicted molar refractivity (Wildman–Crippen MR) is 54.3 cm³/mol. The Labute approximate surface area is 88.1 Å². The highest BCUT2D eigenvalue weighted by atomic mass is 16.5. The third kappa shape index (κ3) is 1.77. The SMILES string of the molecule is CCC(=O)OC1C(=O)Cc2ccccc21. The monoisotopic (exact) mass is 204 g/mol. The van der Waals surface area contributed by atoms with E-state index in [1.54, 1.807) is 6.92 Å². The number of benzene rings is 1. The van der Waals surface area contributed by atoms with Gasteiger partial charge in [0.15, 0.2) is 11.9 Å². The highest BCUT2D eigenvalue weighted by Crippen LogP contribution is 2.31. The molecule has 0 amide bonds. The number of ketones is 1. The molecule has 1 aliphatic rings. The first kappa shape index (κ1) is 9.90. The standard InChI is InChI=1S/C12H12O3/c1-2-11(14)15-12-9-6-4-3-5-8(9)7-10(12)13/h3-6,12H,2,7H2,1H3. The summed E-state index contributed by atoms with van der Waals surface area (Å²) in [5, 5.41) is 0. The highest BCUT2D eigenvalue weighted by molar-refractivity contribution is 5.92. The Hall–Kier alpha value is -1.64. The highest BCUT2D eigenvalue weighted by Gasteiger charge is 2.32. The van der Waals surface area contributed by atoms with Gasteiger partial charge < -0.3 is 4.74 Å². The van der Waals surface area contributed by atoms with Gasteiger partial charge in [-0.3, -0.25) is 9.59 Å². The summed E-state index contributed by atoms with van der Waals surface area (Å²) in [6.45, 7) is 1.72. The molecule has 0 bridgehead atoms. The van der Waals surface area contributed by atoms with E-state index in [0.29, 0.717) is 12.8 Å². The molecule has 1 atom stereocenters. The van der Waals surface area contributed by atoms with E-state index in [9.17, 15) is 9.59 Å². The van der Waals surface area contributed by atoms with Crippen molar-refractivity contribution >= 4 is 11.8 Å². The van der Waals surface area contributed by atoms with E-state index in [4.69, 9.17) is 4.74 Å². The summed E-state index contributed by atoms with van der Waals surface area (Å²) in [5.41, 5.74) is 1.81. The van der Waals surface area contributed by atoms with Gasteiger partial charge in [-0.1, -0.05) is 31.2 Å². The van der Waals surface area contributed by atoms with Crippen LogP contribution < -0.4 is 0 Å². The van der Waals surface area contributed by atoms with Crippen molar-refractivity contribution in [3.8, 4) is 0 Å². The van der Waals surface area contributed by atoms with E-state index in [1.807, 2.05) is 24.3 Å². The van der Waals surface area contributed by atoms with Crippen molar-refractivity contribution in [1.29, 1.82) is 0 Å². The molecule has 0 saturated heterocycles. The van der Waals surface area contributed by atoms with Crippen LogP contribution in [0.1, 0.15) is 30.6 Å². The predicted octanol–water partition coefficient (Wildman–Crippen LogP) is 1.81. The smallest absolute Gasteiger partial charge is 0.306 e. The summed E-state index contributed by atoms with van der Waals surface area (Å²) in [4.78, 5) is 22.8. The number of esters is 1. The van der Waals surface area contributed by atoms with E-state index >= 15 is 0 Å². The third-order valence-corrected chi connectivity index (χ3v) is 2.53. The first-order valence-corrected chi connectivity index (χ1v) is 5.02. The van der Waals surface area contributed by atoms with Crippen LogP contribution in [-0.2, 0) is 20.7 Å². The van der Waals surface area contributed by atoms with Crippen molar-refractivity contribution < 1.29 is 14.3 Å². The van der Waals surface area contributed by atoms with Gasteiger partial charge in [0.1, 0.15) is 0 Å². The zero-order valence-corrected chi connectivity index (χ0v) is 8.53. The summed E-state index contributed by atoms with van der Waals surface area (Å²) < 4.78 is 5.11. The van der Waals surface area contributed by atoms with Crippen molar-refractivity contribution in [1.82, 2.24) is 0 Å². The van der Waals surface area contributed by atoms with E-state index < -0.39 is 6.10 Å². The van der Waals surface area contributed by atoms with Crippen LogP contribution in [0, 0.1) is 0 Å². The van der Waals surface area contributed by atoms with E-state index in [-0.39, 0.29) is 11.8 Å². The molecule has 0 N–H and O–H groups in total. The zero-order valence-electron chi connectivity index (χ0n) is 8.53. The maximum absolute atomic E-state index is 11.6. The molecule has 0 heterocycles. The van der Waals surface area contributed by atoms with E-state index in [2.05, 4.69) is 0 Å². The molecule has 1 aromatic carbocycles. The van der Waals surface area contributed by atoms with Gasteiger partial charge in [-0.15, -0.1) is 0 Å². The van der Waals surface area contributed by atoms with Crippen LogP contribution in [0.5, 0.6) is 0 Å². The number of Topliss-reactive ketones (excluding diaryl/α,β-unsaturated/α-hetero) is 1. The van der Waals surface area contributed by atoms with Gasteiger partial charge in [-0.25, -0.2) is 0 Å². The molecule has 2 rings (SSSR count). The molecule has 0 fully saturated rings. The van der Waals surface area contributed by atoms with Crippen LogP contribution >= 0.6 is 0 Å². The molecule has 1 unspecified atom stereocenters. The van der Waals surface area contributed by atoms with Crippen molar-refractivity contribution in [3.63, 3.8) is 0 Å². The van der Waals surface area contributed by atoms with Gasteiger partial charge in [-0.05, 0) is 5.56 Å². The topological polar surface area (TPSA) is 43.4 Å². The quantitative estimate of drug-likeness (QED) is 0.690. The fourth-order valence-corrected chi connectivity index (χ4v) is 1.75. The van der Waals surface area contributed by atoms with Gasteiger partial charge in [-0.2, -0.15) is 0 Å². The number of hydrogen-bond acceptors (Lipinski definition) is 3. The molecule has 0 spiro atoms. The maximum atomic E-state index is 11.6. The maximum Gasteiger partial charge on any atom is 0.306 e. The molecule has 0 saturated carbocycles. The Kier molecular flexibility index (Phi) is 2.54. The Morgan fingerprint density at radius 1 is 1.47 bits per heavy atom. The molecular formula is C12H12O3. The Bertz CT molecular complexity index is 409. The Morgan fingerprint density at radius 2 is 2.20 bits per heavy atom. The molecule has 0 aliphatic heterocycles. The number of carbonyl (C=O) groups is 2. The van der Waals surface area contributed by atoms with Gasteiger partial charge in [0, 0.05) is 18.4 Å². The number of carbonyl (C=O) groups excluding carboxylic acids is 2. The van der Waals surface area contributed by atoms with Gasteiger partial charge in [0.2, 0.25) is 0 Å². The molecule has 3 nitrogen and oxygen atoms in total. The number of fused-ring (bicyclic) bond motifs is 1. The lowest BCUT2D eigenvalue weighted by Gasteiger charge is -2.10. The van der Waals surface area contributed by atoms with Crippen molar-refractivity contribution in [2.45, 2.75) is 25.9 Å². The molecule has 0 aromatic heterocycles. The summed E-state index contributed by atoms with van der Waals surface area (Å²) in [6.07, 6.45) is -0.00213. The second kappa shape index (κ2) is 3.85. The average Bonchev–Trinajstić information content (AvgIpc) is 2.55. The van der Waals surface area contributed by atoms with Crippen molar-refractivity contribution in [2.75, 3.05) is 0 Å². The van der Waals surface area contributed by atoms with Crippen molar-refractivity contribution in [3.05, 3.63) is 35.4 Å². The fraction of sp³-hybridized carbons (Fsp3) is 0.333. The molecule has 78 valence electrons. The van der Waals surface area contributed by atoms with Crippen LogP contribution in [0.2, 0.25) is 0 Å². The first-order chi connectivity index (χ1) is 7.22. The molecule has 0 radical (unpaired) electrons. The van der Waals surface area contributed by atoms with Crippen LogP contribution in [-0.4, -0.2) is 11.8 Å². The second-order valence-electron chi connectivity index (χ2n) is 3.57. The third-order valence-electron chi connectivity index (χ3n) is 2.53. The lowest BCUT2D eigenvalue weighted by atomic mass is 10.1. The second-order valence-corrected chi connectivity index (χ2v) is 3.57. The summed E-state index contributed by atoms with van der Waals surface area (Å²) >= 11 is 0. The largest absolute Gasteiger partial charge is 0.449 e. The van der Waals surface area contributed by atoms with Gasteiger partial charge >= 0.3 is 5.97 Å². The normalized spacial score (nSPS) is 18.7. The zero-order chi connectivity index (χ0) is 10.8. The molecule has 3 heteroatoms. The fourth-order valence-electron chi connectivity index (χ4n) is 1.75. The number of ether oxygens (including phenoxy) is 1.